The van der Waals surface area contributed by atoms with Crippen LogP contribution in [0.1, 0.15) is 49.9 Å². The number of aromatic amines is 1. The summed E-state index contributed by atoms with van der Waals surface area (Å²) >= 11 is 0. The Labute approximate surface area is 242 Å². The molecule has 0 radical (unpaired) electrons. The van der Waals surface area contributed by atoms with Crippen molar-refractivity contribution in [2.45, 2.75) is 40.0 Å². The van der Waals surface area contributed by atoms with E-state index in [0.717, 1.165) is 23.5 Å². The largest absolute Gasteiger partial charge is 0.383 e. The van der Waals surface area contributed by atoms with Gasteiger partial charge in [0.05, 0.1) is 18.5 Å². The first-order valence-corrected chi connectivity index (χ1v) is 14.0. The number of aromatic nitrogens is 4. The number of nitrogens with two attached hydrogens (primary N) is 1. The van der Waals surface area contributed by atoms with Gasteiger partial charge in [-0.05, 0) is 69.3 Å². The van der Waals surface area contributed by atoms with E-state index in [-0.39, 0.29) is 6.03 Å². The molecule has 10 nitrogen and oxygen atoms in total. The number of urea groups is 1. The fourth-order valence-electron chi connectivity index (χ4n) is 3.72. The van der Waals surface area contributed by atoms with Gasteiger partial charge in [0.15, 0.2) is 5.65 Å². The molecule has 1 saturated carbocycles. The molecule has 2 aliphatic rings. The van der Waals surface area contributed by atoms with E-state index < -0.39 is 0 Å². The first kappa shape index (κ1) is 31.1. The van der Waals surface area contributed by atoms with Crippen LogP contribution in [0, 0.1) is 24.7 Å². The van der Waals surface area contributed by atoms with Crippen molar-refractivity contribution in [3.63, 3.8) is 0 Å². The molecule has 1 aliphatic heterocycles. The number of hydrogen-bond acceptors (Lipinski definition) is 7. The number of hydrogen-bond donors (Lipinski definition) is 4. The molecular weight excluding hydrogens is 516 g/mol. The fourth-order valence-corrected chi connectivity index (χ4v) is 3.72. The normalized spacial score (nSPS) is 13.3. The molecule has 2 aromatic carbocycles. The molecule has 10 heteroatoms. The SMILES string of the molecule is CC.CNCC1CC1.Cc1ccc(NC(=O)N2CCCO2)cc1C#Cc1[nH]nc2ncnc(N)c12.c1ccccc1. The van der Waals surface area contributed by atoms with Crippen LogP contribution in [0.4, 0.5) is 16.3 Å². The molecule has 2 fully saturated rings. The van der Waals surface area contributed by atoms with Gasteiger partial charge >= 0.3 is 6.03 Å². The lowest BCUT2D eigenvalue weighted by Crippen LogP contribution is -2.31. The third-order valence-corrected chi connectivity index (χ3v) is 6.03. The molecule has 0 spiro atoms. The van der Waals surface area contributed by atoms with Gasteiger partial charge in [0.25, 0.3) is 0 Å². The molecular formula is C31H40N8O2. The minimum atomic E-state index is -0.292. The maximum Gasteiger partial charge on any atom is 0.345 e. The maximum absolute atomic E-state index is 12.2. The van der Waals surface area contributed by atoms with Crippen LogP contribution in [0.5, 0.6) is 0 Å². The standard InChI is InChI=1S/C18H17N7O2.C6H6.C5H11N.C2H6/c1-11-3-5-13(22-18(26)25-7-2-8-27-25)9-12(11)4-6-14-15-16(19)20-10-21-17(15)24-23-14;1-2-4-6-5-3-1;1-6-4-5-2-3-5;1-2/h3,5,9-10H,2,7-8H2,1H3,(H,22,26)(H3,19,20,21,23,24);1-6H;5-6H,2-4H2,1H3;1-2H3. The number of anilines is 2. The van der Waals surface area contributed by atoms with Gasteiger partial charge < -0.3 is 16.4 Å². The summed E-state index contributed by atoms with van der Waals surface area (Å²) in [5, 5.41) is 14.8. The van der Waals surface area contributed by atoms with E-state index in [2.05, 4.69) is 42.6 Å². The van der Waals surface area contributed by atoms with Crippen LogP contribution in [-0.4, -0.2) is 58.0 Å². The molecule has 1 aliphatic carbocycles. The second-order valence-electron chi connectivity index (χ2n) is 9.21. The van der Waals surface area contributed by atoms with E-state index in [1.165, 1.54) is 30.8 Å². The number of H-pyrrole nitrogens is 1. The first-order chi connectivity index (χ1) is 20.0. The average molecular weight is 557 g/mol. The molecule has 0 atom stereocenters. The Balaban J connectivity index is 0.000000270. The Hall–Kier alpha value is -4.46. The number of nitrogens with one attached hydrogen (secondary N) is 3. The average Bonchev–Trinajstić information content (AvgIpc) is 3.46. The van der Waals surface area contributed by atoms with Crippen molar-refractivity contribution in [3.8, 4) is 11.8 Å². The first-order valence-electron chi connectivity index (χ1n) is 14.0. The van der Waals surface area contributed by atoms with E-state index >= 15 is 0 Å². The van der Waals surface area contributed by atoms with Gasteiger partial charge in [-0.2, -0.15) is 5.10 Å². The van der Waals surface area contributed by atoms with E-state index in [1.54, 1.807) is 0 Å². The maximum atomic E-state index is 12.2. The summed E-state index contributed by atoms with van der Waals surface area (Å²) in [6.07, 6.45) is 5.11. The second kappa shape index (κ2) is 16.6. The Morgan fingerprint density at radius 3 is 2.41 bits per heavy atom. The smallest absolute Gasteiger partial charge is 0.345 e. The summed E-state index contributed by atoms with van der Waals surface area (Å²) in [5.41, 5.74) is 9.30. The Morgan fingerprint density at radius 2 is 1.83 bits per heavy atom. The number of nitrogens with zero attached hydrogens (tertiary/aromatic N) is 4. The molecule has 4 aromatic rings. The number of benzene rings is 2. The third kappa shape index (κ3) is 9.90. The highest BCUT2D eigenvalue weighted by Crippen LogP contribution is 2.27. The lowest BCUT2D eigenvalue weighted by Gasteiger charge is -2.15. The summed E-state index contributed by atoms with van der Waals surface area (Å²) in [6, 6.07) is 17.2. The number of rotatable bonds is 3. The van der Waals surface area contributed by atoms with Crippen LogP contribution >= 0.6 is 0 Å². The lowest BCUT2D eigenvalue weighted by atomic mass is 10.1. The van der Waals surface area contributed by atoms with Crippen molar-refractivity contribution >= 4 is 28.6 Å². The number of carbonyl (C=O) groups is 1. The minimum absolute atomic E-state index is 0.292. The molecule has 41 heavy (non-hydrogen) atoms. The van der Waals surface area contributed by atoms with Crippen LogP contribution in [0.25, 0.3) is 11.0 Å². The van der Waals surface area contributed by atoms with Crippen LogP contribution in [0.3, 0.4) is 0 Å². The van der Waals surface area contributed by atoms with Crippen molar-refractivity contribution in [3.05, 3.63) is 77.7 Å². The van der Waals surface area contributed by atoms with E-state index in [4.69, 9.17) is 10.6 Å². The molecule has 0 unspecified atom stereocenters. The Bertz CT molecular complexity index is 1390. The number of fused-ring (bicyclic) bond motifs is 1. The molecule has 1 saturated heterocycles. The van der Waals surface area contributed by atoms with Crippen molar-refractivity contribution in [2.24, 2.45) is 5.92 Å². The van der Waals surface area contributed by atoms with Gasteiger partial charge in [0.2, 0.25) is 0 Å². The summed E-state index contributed by atoms with van der Waals surface area (Å²) in [5.74, 6) is 7.47. The quantitative estimate of drug-likeness (QED) is 0.257. The van der Waals surface area contributed by atoms with Gasteiger partial charge in [0, 0.05) is 11.3 Å². The summed E-state index contributed by atoms with van der Waals surface area (Å²) < 4.78 is 0. The predicted molar refractivity (Wildman–Crippen MR) is 164 cm³/mol. The van der Waals surface area contributed by atoms with Crippen LogP contribution in [0.15, 0.2) is 60.9 Å². The minimum Gasteiger partial charge on any atom is -0.383 e. The zero-order chi connectivity index (χ0) is 29.5. The highest BCUT2D eigenvalue weighted by atomic mass is 16.7. The molecule has 5 N–H and O–H groups in total. The fraction of sp³-hybridized carbons (Fsp3) is 0.355. The zero-order valence-electron chi connectivity index (χ0n) is 24.3. The number of amides is 2. The topological polar surface area (TPSA) is 134 Å². The van der Waals surface area contributed by atoms with E-state index in [1.807, 2.05) is 82.4 Å². The van der Waals surface area contributed by atoms with Gasteiger partial charge in [-0.1, -0.05) is 62.2 Å². The highest BCUT2D eigenvalue weighted by Gasteiger charge is 2.20. The van der Waals surface area contributed by atoms with E-state index in [0.29, 0.717) is 41.4 Å². The number of hydroxylamine groups is 2. The van der Waals surface area contributed by atoms with Crippen LogP contribution < -0.4 is 16.4 Å². The van der Waals surface area contributed by atoms with Gasteiger partial charge in [-0.25, -0.2) is 19.8 Å². The monoisotopic (exact) mass is 556 g/mol. The number of nitrogen functional groups attached to an aromatic ring is 1. The van der Waals surface area contributed by atoms with Crippen LogP contribution in [-0.2, 0) is 4.84 Å². The second-order valence-corrected chi connectivity index (χ2v) is 9.21. The van der Waals surface area contributed by atoms with Crippen molar-refractivity contribution in [1.82, 2.24) is 30.5 Å². The Morgan fingerprint density at radius 1 is 1.12 bits per heavy atom. The zero-order valence-corrected chi connectivity index (χ0v) is 24.3. The lowest BCUT2D eigenvalue weighted by molar-refractivity contribution is -0.0614. The van der Waals surface area contributed by atoms with Gasteiger partial charge in [-0.15, -0.1) is 0 Å². The molecule has 0 bridgehead atoms. The molecule has 2 aromatic heterocycles. The Kier molecular flexibility index (Phi) is 12.6. The van der Waals surface area contributed by atoms with Gasteiger partial charge in [-0.3, -0.25) is 9.94 Å². The molecule has 3 heterocycles. The summed E-state index contributed by atoms with van der Waals surface area (Å²) in [6.45, 7) is 8.32. The molecule has 216 valence electrons. The van der Waals surface area contributed by atoms with Gasteiger partial charge in [0.1, 0.15) is 17.8 Å². The van der Waals surface area contributed by atoms with Crippen molar-refractivity contribution < 1.29 is 9.63 Å². The molecule has 6 rings (SSSR count). The highest BCUT2D eigenvalue weighted by molar-refractivity contribution is 5.90. The van der Waals surface area contributed by atoms with Crippen LogP contribution in [0.2, 0.25) is 0 Å². The predicted octanol–water partition coefficient (Wildman–Crippen LogP) is 5.14. The van der Waals surface area contributed by atoms with E-state index in [9.17, 15) is 4.79 Å². The number of aryl methyl sites for hydroxylation is 1. The molecule has 2 amide bonds. The van der Waals surface area contributed by atoms with Crippen molar-refractivity contribution in [2.75, 3.05) is 37.8 Å². The summed E-state index contributed by atoms with van der Waals surface area (Å²) in [7, 11) is 2.01. The van der Waals surface area contributed by atoms with Crippen molar-refractivity contribution in [1.29, 1.82) is 0 Å². The summed E-state index contributed by atoms with van der Waals surface area (Å²) in [4.78, 5) is 25.4. The number of carbonyl (C=O) groups excluding carboxylic acids is 1. The third-order valence-electron chi connectivity index (χ3n) is 6.03.